The number of anilines is 1. The number of nitrogens with zero attached hydrogens (tertiary/aromatic N) is 2. The third-order valence-electron chi connectivity index (χ3n) is 6.49. The summed E-state index contributed by atoms with van der Waals surface area (Å²) in [7, 11) is 1.56. The number of hydrogen-bond donors (Lipinski definition) is 3. The van der Waals surface area contributed by atoms with Gasteiger partial charge < -0.3 is 29.8 Å². The molecule has 3 N–H and O–H groups in total. The quantitative estimate of drug-likeness (QED) is 0.250. The van der Waals surface area contributed by atoms with Crippen LogP contribution in [0.1, 0.15) is 40.3 Å². The van der Waals surface area contributed by atoms with Crippen LogP contribution in [0.25, 0.3) is 11.3 Å². The molecule has 2 aromatic carbocycles. The largest absolute Gasteiger partial charge is 0.495 e. The molecule has 4 aromatic rings. The first-order valence-electron chi connectivity index (χ1n) is 12.3. The average Bonchev–Trinajstić information content (AvgIpc) is 3.57. The minimum absolute atomic E-state index is 0.176. The minimum Gasteiger partial charge on any atom is -0.495 e. The summed E-state index contributed by atoms with van der Waals surface area (Å²) in [6.45, 7) is 0.337. The van der Waals surface area contributed by atoms with Crippen molar-refractivity contribution in [1.82, 2.24) is 15.2 Å². The topological polar surface area (TPSA) is 117 Å². The number of aromatic nitrogens is 1. The Bertz CT molecular complexity index is 1490. The van der Waals surface area contributed by atoms with Gasteiger partial charge in [-0.3, -0.25) is 9.78 Å². The predicted molar refractivity (Wildman–Crippen MR) is 150 cm³/mol. The summed E-state index contributed by atoms with van der Waals surface area (Å²) in [5.41, 5.74) is 2.33. The molecule has 0 radical (unpaired) electrons. The van der Waals surface area contributed by atoms with E-state index >= 15 is 0 Å². The molecule has 1 saturated heterocycles. The third-order valence-corrected chi connectivity index (χ3v) is 6.85. The number of ether oxygens (including phenoxy) is 1. The maximum absolute atomic E-state index is 12.9. The number of methoxy groups -OCH3 is 1. The molecule has 0 aliphatic carbocycles. The van der Waals surface area contributed by atoms with Crippen LogP contribution in [0.3, 0.4) is 0 Å². The molecule has 0 spiro atoms. The second-order valence-electron chi connectivity index (χ2n) is 8.90. The molecule has 2 atom stereocenters. The Labute approximate surface area is 230 Å². The van der Waals surface area contributed by atoms with E-state index in [0.717, 1.165) is 11.3 Å². The zero-order valence-electron chi connectivity index (χ0n) is 21.0. The predicted octanol–water partition coefficient (Wildman–Crippen LogP) is 5.05. The molecule has 1 aliphatic heterocycles. The number of amides is 1. The summed E-state index contributed by atoms with van der Waals surface area (Å²) in [6, 6.07) is 22.4. The monoisotopic (exact) mass is 542 g/mol. The molecular formula is C29H26N4O5S. The van der Waals surface area contributed by atoms with Gasteiger partial charge in [0.15, 0.2) is 5.11 Å². The highest BCUT2D eigenvalue weighted by Crippen LogP contribution is 2.40. The molecule has 1 amide bonds. The van der Waals surface area contributed by atoms with Crippen molar-refractivity contribution in [1.29, 1.82) is 0 Å². The van der Waals surface area contributed by atoms with Crippen molar-refractivity contribution in [2.45, 2.75) is 18.5 Å². The van der Waals surface area contributed by atoms with Crippen LogP contribution in [-0.4, -0.2) is 45.6 Å². The van der Waals surface area contributed by atoms with Crippen LogP contribution in [0, 0.1) is 0 Å². The number of hydrogen-bond acceptors (Lipinski definition) is 6. The first-order valence-corrected chi connectivity index (χ1v) is 12.7. The second-order valence-corrected chi connectivity index (χ2v) is 9.29. The minimum atomic E-state index is -0.990. The maximum Gasteiger partial charge on any atom is 0.335 e. The van der Waals surface area contributed by atoms with E-state index in [-0.39, 0.29) is 30.0 Å². The van der Waals surface area contributed by atoms with Crippen LogP contribution in [0.4, 0.5) is 5.69 Å². The van der Waals surface area contributed by atoms with Crippen LogP contribution >= 0.6 is 12.2 Å². The number of carboxylic acid groups (broad SMARTS) is 1. The maximum atomic E-state index is 12.9. The van der Waals surface area contributed by atoms with Gasteiger partial charge in [0.2, 0.25) is 5.91 Å². The molecule has 9 nitrogen and oxygen atoms in total. The lowest BCUT2D eigenvalue weighted by Gasteiger charge is -2.26. The number of nitrogens with one attached hydrogen (secondary N) is 2. The van der Waals surface area contributed by atoms with Crippen molar-refractivity contribution in [3.05, 3.63) is 102 Å². The fraction of sp³-hybridized carbons (Fsp3) is 0.172. The lowest BCUT2D eigenvalue weighted by Crippen LogP contribution is -2.32. The van der Waals surface area contributed by atoms with Crippen molar-refractivity contribution in [2.75, 3.05) is 19.0 Å². The van der Waals surface area contributed by atoms with Gasteiger partial charge in [0.05, 0.1) is 30.1 Å². The van der Waals surface area contributed by atoms with Crippen LogP contribution in [0.15, 0.2) is 89.5 Å². The average molecular weight is 543 g/mol. The molecule has 2 aromatic heterocycles. The molecule has 39 heavy (non-hydrogen) atoms. The number of thiocarbonyl (C=S) groups is 1. The van der Waals surface area contributed by atoms with Gasteiger partial charge in [-0.15, -0.1) is 0 Å². The lowest BCUT2D eigenvalue weighted by atomic mass is 10.0. The summed E-state index contributed by atoms with van der Waals surface area (Å²) in [6.07, 6.45) is 1.90. The summed E-state index contributed by atoms with van der Waals surface area (Å²) in [5.74, 6) is 0.641. The van der Waals surface area contributed by atoms with Gasteiger partial charge >= 0.3 is 5.97 Å². The molecule has 3 heterocycles. The Hall–Kier alpha value is -4.70. The Morgan fingerprint density at radius 3 is 2.56 bits per heavy atom. The summed E-state index contributed by atoms with van der Waals surface area (Å²) in [4.78, 5) is 30.6. The fourth-order valence-electron chi connectivity index (χ4n) is 4.58. The molecule has 1 fully saturated rings. The first kappa shape index (κ1) is 25.9. The van der Waals surface area contributed by atoms with E-state index in [1.54, 1.807) is 37.6 Å². The number of benzene rings is 2. The molecule has 5 rings (SSSR count). The Morgan fingerprint density at radius 2 is 1.85 bits per heavy atom. The van der Waals surface area contributed by atoms with Gasteiger partial charge in [0.1, 0.15) is 23.3 Å². The number of pyridine rings is 1. The van der Waals surface area contributed by atoms with Crippen LogP contribution in [0.2, 0.25) is 0 Å². The third kappa shape index (κ3) is 5.60. The highest BCUT2D eigenvalue weighted by molar-refractivity contribution is 7.80. The van der Waals surface area contributed by atoms with Crippen molar-refractivity contribution in [3.63, 3.8) is 0 Å². The Balaban J connectivity index is 1.39. The standard InChI is InChI=1S/C29H26N4O5S/c1-37-23-8-3-2-6-20(23)31-25(34)15-17-33-27(26(32-29(33)39)21-7-4-5-16-30-21)24-14-13-22(38-24)18-9-11-19(12-10-18)28(35)36/h2-14,16,26-27H,15,17H2,1H3,(H,31,34)(H,32,39)(H,35,36)/t26-,27+/m1/s1. The lowest BCUT2D eigenvalue weighted by molar-refractivity contribution is -0.116. The molecule has 0 saturated carbocycles. The zero-order chi connectivity index (χ0) is 27.4. The van der Waals surface area contributed by atoms with Crippen molar-refractivity contribution >= 4 is 34.9 Å². The summed E-state index contributed by atoms with van der Waals surface area (Å²) < 4.78 is 11.6. The van der Waals surface area contributed by atoms with Gasteiger partial charge in [0, 0.05) is 24.7 Å². The Morgan fingerprint density at radius 1 is 1.08 bits per heavy atom. The molecule has 0 bridgehead atoms. The number of para-hydroxylation sites is 2. The number of carbonyl (C=O) groups excluding carboxylic acids is 1. The zero-order valence-corrected chi connectivity index (χ0v) is 21.9. The van der Waals surface area contributed by atoms with Crippen molar-refractivity contribution < 1.29 is 23.8 Å². The smallest absolute Gasteiger partial charge is 0.335 e. The molecular weight excluding hydrogens is 516 g/mol. The van der Waals surface area contributed by atoms with Gasteiger partial charge in [0.25, 0.3) is 0 Å². The fourth-order valence-corrected chi connectivity index (χ4v) is 4.91. The number of carbonyl (C=O) groups is 2. The number of furan rings is 1. The van der Waals surface area contributed by atoms with Gasteiger partial charge in [-0.05, 0) is 60.7 Å². The Kier molecular flexibility index (Phi) is 7.55. The highest BCUT2D eigenvalue weighted by atomic mass is 32.1. The molecule has 0 unspecified atom stereocenters. The number of rotatable bonds is 9. The van der Waals surface area contributed by atoms with Crippen LogP contribution in [0.5, 0.6) is 5.75 Å². The normalized spacial score (nSPS) is 16.5. The van der Waals surface area contributed by atoms with E-state index in [0.29, 0.717) is 34.6 Å². The van der Waals surface area contributed by atoms with E-state index in [1.807, 2.05) is 47.4 Å². The number of aromatic carboxylic acids is 1. The van der Waals surface area contributed by atoms with E-state index in [9.17, 15) is 14.7 Å². The van der Waals surface area contributed by atoms with E-state index in [4.69, 9.17) is 21.4 Å². The van der Waals surface area contributed by atoms with E-state index in [1.165, 1.54) is 12.1 Å². The van der Waals surface area contributed by atoms with E-state index < -0.39 is 5.97 Å². The van der Waals surface area contributed by atoms with Crippen LogP contribution in [-0.2, 0) is 4.79 Å². The number of carboxylic acids is 1. The van der Waals surface area contributed by atoms with Crippen molar-refractivity contribution in [3.8, 4) is 17.1 Å². The second kappa shape index (κ2) is 11.4. The SMILES string of the molecule is COc1ccccc1NC(=O)CCN1C(=S)N[C@H](c2ccccn2)[C@@H]1c1ccc(-c2ccc(C(=O)O)cc2)o1. The molecule has 1 aliphatic rings. The summed E-state index contributed by atoms with van der Waals surface area (Å²) in [5, 5.41) is 15.9. The van der Waals surface area contributed by atoms with E-state index in [2.05, 4.69) is 15.6 Å². The van der Waals surface area contributed by atoms with Crippen molar-refractivity contribution in [2.24, 2.45) is 0 Å². The molecule has 198 valence electrons. The van der Waals surface area contributed by atoms with Crippen LogP contribution < -0.4 is 15.4 Å². The van der Waals surface area contributed by atoms with Gasteiger partial charge in [-0.1, -0.05) is 30.3 Å². The van der Waals surface area contributed by atoms with Gasteiger partial charge in [-0.2, -0.15) is 0 Å². The highest BCUT2D eigenvalue weighted by Gasteiger charge is 2.41. The first-order chi connectivity index (χ1) is 18.9. The summed E-state index contributed by atoms with van der Waals surface area (Å²) >= 11 is 5.69. The van der Waals surface area contributed by atoms with Gasteiger partial charge in [-0.25, -0.2) is 4.79 Å². The molecule has 10 heteroatoms.